The highest BCUT2D eigenvalue weighted by atomic mass is 19.1. The average molecular weight is 343 g/mol. The Hall–Kier alpha value is -2.73. The lowest BCUT2D eigenvalue weighted by Crippen LogP contribution is -2.40. The number of imide groups is 1. The van der Waals surface area contributed by atoms with Gasteiger partial charge in [-0.05, 0) is 42.8 Å². The number of nitrogens with zero attached hydrogens (tertiary/aromatic N) is 1. The number of methoxy groups -OCH3 is 1. The van der Waals surface area contributed by atoms with Crippen molar-refractivity contribution in [2.24, 2.45) is 0 Å². The van der Waals surface area contributed by atoms with E-state index in [1.165, 1.54) is 24.1 Å². The average Bonchev–Trinajstić information content (AvgIpc) is 2.85. The molecule has 0 aromatic heterocycles. The van der Waals surface area contributed by atoms with E-state index in [9.17, 15) is 14.0 Å². The van der Waals surface area contributed by atoms with Crippen molar-refractivity contribution in [2.45, 2.75) is 19.6 Å². The summed E-state index contributed by atoms with van der Waals surface area (Å²) in [6.07, 6.45) is 0. The number of carbonyl (C=O) groups excluding carboxylic acids is 2. The van der Waals surface area contributed by atoms with Crippen LogP contribution in [-0.2, 0) is 11.3 Å². The number of rotatable bonds is 6. The number of carbonyl (C=O) groups is 2. The van der Waals surface area contributed by atoms with Crippen molar-refractivity contribution in [1.82, 2.24) is 4.90 Å². The van der Waals surface area contributed by atoms with Crippen LogP contribution in [0.3, 0.4) is 0 Å². The van der Waals surface area contributed by atoms with Crippen LogP contribution < -0.4 is 4.74 Å². The minimum absolute atomic E-state index is 0.241. The van der Waals surface area contributed by atoms with Gasteiger partial charge in [0.15, 0.2) is 0 Å². The molecule has 25 heavy (non-hydrogen) atoms. The second kappa shape index (κ2) is 7.03. The van der Waals surface area contributed by atoms with Gasteiger partial charge >= 0.3 is 0 Å². The van der Waals surface area contributed by atoms with Crippen LogP contribution >= 0.6 is 0 Å². The molecule has 0 radical (unpaired) electrons. The summed E-state index contributed by atoms with van der Waals surface area (Å²) in [4.78, 5) is 26.2. The predicted molar refractivity (Wildman–Crippen MR) is 89.0 cm³/mol. The maximum absolute atomic E-state index is 12.9. The van der Waals surface area contributed by atoms with Crippen LogP contribution in [0.1, 0.15) is 33.2 Å². The highest BCUT2D eigenvalue weighted by Crippen LogP contribution is 2.28. The number of halogens is 1. The van der Waals surface area contributed by atoms with Crippen molar-refractivity contribution in [3.63, 3.8) is 0 Å². The zero-order valence-corrected chi connectivity index (χ0v) is 14.0. The van der Waals surface area contributed by atoms with Gasteiger partial charge in [0.2, 0.25) is 0 Å². The predicted octanol–water partition coefficient (Wildman–Crippen LogP) is 3.04. The molecule has 0 aliphatic carbocycles. The highest BCUT2D eigenvalue weighted by Gasteiger charge is 2.38. The van der Waals surface area contributed by atoms with Gasteiger partial charge in [-0.15, -0.1) is 0 Å². The number of fused-ring (bicyclic) bond motifs is 1. The number of hydrogen-bond acceptors (Lipinski definition) is 4. The van der Waals surface area contributed by atoms with Crippen LogP contribution in [0.5, 0.6) is 5.75 Å². The van der Waals surface area contributed by atoms with Gasteiger partial charge in [-0.1, -0.05) is 12.1 Å². The normalized spacial score (nSPS) is 14.6. The van der Waals surface area contributed by atoms with E-state index in [1.807, 2.05) is 0 Å². The van der Waals surface area contributed by atoms with Crippen LogP contribution in [0.25, 0.3) is 0 Å². The van der Waals surface area contributed by atoms with Gasteiger partial charge in [0.25, 0.3) is 11.8 Å². The summed E-state index contributed by atoms with van der Waals surface area (Å²) in [6.45, 7) is 2.28. The van der Waals surface area contributed by atoms with Crippen molar-refractivity contribution in [1.29, 1.82) is 0 Å². The zero-order chi connectivity index (χ0) is 18.0. The Morgan fingerprint density at radius 1 is 1.04 bits per heavy atom. The Kier molecular flexibility index (Phi) is 4.81. The second-order valence-corrected chi connectivity index (χ2v) is 5.91. The first kappa shape index (κ1) is 17.1. The van der Waals surface area contributed by atoms with Crippen molar-refractivity contribution in [3.8, 4) is 5.75 Å². The van der Waals surface area contributed by atoms with Crippen molar-refractivity contribution < 1.29 is 23.5 Å². The fraction of sp³-hybridized carbons (Fsp3) is 0.263. The summed E-state index contributed by atoms with van der Waals surface area (Å²) in [5.41, 5.74) is 1.49. The smallest absolute Gasteiger partial charge is 0.262 e. The van der Waals surface area contributed by atoms with E-state index in [-0.39, 0.29) is 36.9 Å². The van der Waals surface area contributed by atoms with Crippen molar-refractivity contribution in [2.75, 3.05) is 13.7 Å². The molecule has 0 N–H and O–H groups in total. The van der Waals surface area contributed by atoms with Crippen LogP contribution in [0.15, 0.2) is 42.5 Å². The SMILES string of the molecule is COC[C@H](C)N1C(=O)c2ccc(OCc3ccc(F)cc3)cc2C1=O. The molecule has 0 saturated heterocycles. The van der Waals surface area contributed by atoms with E-state index < -0.39 is 0 Å². The molecule has 130 valence electrons. The molecule has 1 heterocycles. The van der Waals surface area contributed by atoms with Gasteiger partial charge < -0.3 is 9.47 Å². The molecule has 2 amide bonds. The first-order chi connectivity index (χ1) is 12.0. The minimum atomic E-state index is -0.350. The molecule has 0 spiro atoms. The summed E-state index contributed by atoms with van der Waals surface area (Å²) < 4.78 is 23.6. The number of hydrogen-bond donors (Lipinski definition) is 0. The van der Waals surface area contributed by atoms with Gasteiger partial charge in [0.1, 0.15) is 18.2 Å². The summed E-state index contributed by atoms with van der Waals surface area (Å²) >= 11 is 0. The molecular formula is C19H18FNO4. The highest BCUT2D eigenvalue weighted by molar-refractivity contribution is 6.21. The molecule has 3 rings (SSSR count). The van der Waals surface area contributed by atoms with E-state index in [4.69, 9.17) is 9.47 Å². The zero-order valence-electron chi connectivity index (χ0n) is 14.0. The lowest BCUT2D eigenvalue weighted by atomic mass is 10.1. The molecule has 2 aromatic rings. The fourth-order valence-electron chi connectivity index (χ4n) is 2.79. The second-order valence-electron chi connectivity index (χ2n) is 5.91. The van der Waals surface area contributed by atoms with Gasteiger partial charge in [-0.2, -0.15) is 0 Å². The Balaban J connectivity index is 1.76. The summed E-state index contributed by atoms with van der Waals surface area (Å²) in [7, 11) is 1.52. The van der Waals surface area contributed by atoms with Crippen LogP contribution in [0.4, 0.5) is 4.39 Å². The largest absolute Gasteiger partial charge is 0.489 e. The maximum Gasteiger partial charge on any atom is 0.262 e. The lowest BCUT2D eigenvalue weighted by molar-refractivity contribution is 0.0497. The van der Waals surface area contributed by atoms with Crippen molar-refractivity contribution in [3.05, 3.63) is 65.0 Å². The summed E-state index contributed by atoms with van der Waals surface area (Å²) in [5.74, 6) is -0.507. The summed E-state index contributed by atoms with van der Waals surface area (Å²) in [6, 6.07) is 10.4. The lowest BCUT2D eigenvalue weighted by Gasteiger charge is -2.21. The molecule has 1 atom stereocenters. The molecule has 1 aliphatic heterocycles. The van der Waals surface area contributed by atoms with E-state index in [0.29, 0.717) is 16.9 Å². The molecule has 6 heteroatoms. The van der Waals surface area contributed by atoms with Gasteiger partial charge in [-0.25, -0.2) is 4.39 Å². The molecule has 0 saturated carbocycles. The van der Waals surface area contributed by atoms with Crippen LogP contribution in [0.2, 0.25) is 0 Å². The number of amides is 2. The van der Waals surface area contributed by atoms with Crippen LogP contribution in [0, 0.1) is 5.82 Å². The topological polar surface area (TPSA) is 55.8 Å². The van der Waals surface area contributed by atoms with Crippen LogP contribution in [-0.4, -0.2) is 36.5 Å². The van der Waals surface area contributed by atoms with Gasteiger partial charge in [-0.3, -0.25) is 14.5 Å². The van der Waals surface area contributed by atoms with E-state index in [0.717, 1.165) is 5.56 Å². The number of ether oxygens (including phenoxy) is 2. The third kappa shape index (κ3) is 3.39. The van der Waals surface area contributed by atoms with Gasteiger partial charge in [0.05, 0.1) is 23.8 Å². The number of benzene rings is 2. The molecule has 1 aliphatic rings. The molecular weight excluding hydrogens is 325 g/mol. The first-order valence-corrected chi connectivity index (χ1v) is 7.89. The molecule has 0 unspecified atom stereocenters. The molecule has 5 nitrogen and oxygen atoms in total. The maximum atomic E-state index is 12.9. The Bertz CT molecular complexity index is 804. The molecule has 0 fully saturated rings. The van der Waals surface area contributed by atoms with E-state index in [1.54, 1.807) is 37.3 Å². The molecule has 2 aromatic carbocycles. The molecule has 0 bridgehead atoms. The summed E-state index contributed by atoms with van der Waals surface area (Å²) in [5, 5.41) is 0. The monoisotopic (exact) mass is 343 g/mol. The minimum Gasteiger partial charge on any atom is -0.489 e. The Morgan fingerprint density at radius 3 is 2.40 bits per heavy atom. The quantitative estimate of drug-likeness (QED) is 0.757. The van der Waals surface area contributed by atoms with Gasteiger partial charge in [0, 0.05) is 7.11 Å². The standard InChI is InChI=1S/C19H18FNO4/c1-12(10-24-2)21-18(22)16-8-7-15(9-17(16)19(21)23)25-11-13-3-5-14(20)6-4-13/h3-9,12H,10-11H2,1-2H3/t12-/m0/s1. The van der Waals surface area contributed by atoms with E-state index >= 15 is 0 Å². The Labute approximate surface area is 145 Å². The van der Waals surface area contributed by atoms with Crippen molar-refractivity contribution >= 4 is 11.8 Å². The third-order valence-corrected chi connectivity index (χ3v) is 4.06. The fourth-order valence-corrected chi connectivity index (χ4v) is 2.79. The Morgan fingerprint density at radius 2 is 1.72 bits per heavy atom. The first-order valence-electron chi connectivity index (χ1n) is 7.89. The van der Waals surface area contributed by atoms with E-state index in [2.05, 4.69) is 0 Å². The third-order valence-electron chi connectivity index (χ3n) is 4.06.